The molecule has 1 aliphatic heterocycles. The molecule has 1 saturated heterocycles. The number of hydrogen-bond acceptors (Lipinski definition) is 5. The summed E-state index contributed by atoms with van der Waals surface area (Å²) in [5.41, 5.74) is 5.97. The third-order valence-corrected chi connectivity index (χ3v) is 5.71. The van der Waals surface area contributed by atoms with Crippen molar-refractivity contribution in [2.45, 2.75) is 4.90 Å². The molecule has 7 nitrogen and oxygen atoms in total. The fraction of sp³-hybridized carbons (Fsp3) is 0.417. The van der Waals surface area contributed by atoms with Gasteiger partial charge in [0.05, 0.1) is 12.8 Å². The number of methoxy groups -OCH3 is 1. The Morgan fingerprint density at radius 3 is 2.48 bits per heavy atom. The summed E-state index contributed by atoms with van der Waals surface area (Å²) in [6.07, 6.45) is -0.450. The molecule has 0 aromatic heterocycles. The molecule has 0 radical (unpaired) electrons. The molecule has 2 rings (SSSR count). The van der Waals surface area contributed by atoms with Crippen molar-refractivity contribution < 1.29 is 17.9 Å². The first-order valence-corrected chi connectivity index (χ1v) is 8.47. The predicted octanol–water partition coefficient (Wildman–Crippen LogP) is 1.10. The molecule has 0 unspecified atom stereocenters. The molecule has 0 aliphatic carbocycles. The lowest BCUT2D eigenvalue weighted by Gasteiger charge is -2.33. The first-order valence-electron chi connectivity index (χ1n) is 6.24. The standard InChI is InChI=1S/C12H16BrN3O4S/c1-20-12(17)15-4-6-16(7-5-15)21(18,19)11-8-9(13)2-3-10(11)14/h2-3,8H,4-7,14H2,1H3. The van der Waals surface area contributed by atoms with E-state index in [-0.39, 0.29) is 23.7 Å². The number of nitrogen functional groups attached to an aromatic ring is 1. The van der Waals surface area contributed by atoms with Crippen LogP contribution in [0.25, 0.3) is 0 Å². The molecule has 1 heterocycles. The van der Waals surface area contributed by atoms with Crippen molar-refractivity contribution >= 4 is 37.7 Å². The van der Waals surface area contributed by atoms with Crippen LogP contribution in [0.3, 0.4) is 0 Å². The minimum absolute atomic E-state index is 0.0726. The van der Waals surface area contributed by atoms with Crippen LogP contribution in [-0.4, -0.2) is 57.0 Å². The Hall–Kier alpha value is -1.32. The molecule has 1 aliphatic rings. The van der Waals surface area contributed by atoms with Crippen LogP contribution in [0.4, 0.5) is 10.5 Å². The minimum atomic E-state index is -3.67. The lowest BCUT2D eigenvalue weighted by molar-refractivity contribution is 0.108. The lowest BCUT2D eigenvalue weighted by Crippen LogP contribution is -2.50. The molecular formula is C12H16BrN3O4S. The summed E-state index contributed by atoms with van der Waals surface area (Å²) >= 11 is 3.24. The third-order valence-electron chi connectivity index (χ3n) is 3.26. The summed E-state index contributed by atoms with van der Waals surface area (Å²) in [5.74, 6) is 0. The highest BCUT2D eigenvalue weighted by Crippen LogP contribution is 2.26. The van der Waals surface area contributed by atoms with E-state index in [9.17, 15) is 13.2 Å². The van der Waals surface area contributed by atoms with Gasteiger partial charge >= 0.3 is 6.09 Å². The van der Waals surface area contributed by atoms with Crippen LogP contribution in [-0.2, 0) is 14.8 Å². The van der Waals surface area contributed by atoms with E-state index in [0.29, 0.717) is 17.6 Å². The highest BCUT2D eigenvalue weighted by atomic mass is 79.9. The van der Waals surface area contributed by atoms with Gasteiger partial charge in [-0.15, -0.1) is 0 Å². The lowest BCUT2D eigenvalue weighted by atomic mass is 10.3. The van der Waals surface area contributed by atoms with Crippen LogP contribution in [0.2, 0.25) is 0 Å². The van der Waals surface area contributed by atoms with Gasteiger partial charge in [0.15, 0.2) is 0 Å². The van der Waals surface area contributed by atoms with Crippen molar-refractivity contribution in [2.24, 2.45) is 0 Å². The molecule has 0 spiro atoms. The summed E-state index contributed by atoms with van der Waals surface area (Å²) in [6, 6.07) is 4.71. The maximum absolute atomic E-state index is 12.6. The average molecular weight is 378 g/mol. The van der Waals surface area contributed by atoms with Gasteiger partial charge in [-0.3, -0.25) is 0 Å². The van der Waals surface area contributed by atoms with Gasteiger partial charge < -0.3 is 15.4 Å². The van der Waals surface area contributed by atoms with Crippen molar-refractivity contribution in [2.75, 3.05) is 39.0 Å². The number of piperazine rings is 1. The molecule has 1 amide bonds. The second kappa shape index (κ2) is 6.20. The van der Waals surface area contributed by atoms with Crippen LogP contribution >= 0.6 is 15.9 Å². The number of ether oxygens (including phenoxy) is 1. The molecule has 9 heteroatoms. The number of benzene rings is 1. The molecule has 2 N–H and O–H groups in total. The molecule has 0 atom stereocenters. The number of sulfonamides is 1. The number of carbonyl (C=O) groups excluding carboxylic acids is 1. The zero-order chi connectivity index (χ0) is 15.6. The summed E-state index contributed by atoms with van der Waals surface area (Å²) in [7, 11) is -2.37. The fourth-order valence-electron chi connectivity index (χ4n) is 2.11. The molecule has 0 saturated carbocycles. The largest absolute Gasteiger partial charge is 0.453 e. The molecule has 116 valence electrons. The maximum Gasteiger partial charge on any atom is 0.409 e. The van der Waals surface area contributed by atoms with Gasteiger partial charge in [-0.2, -0.15) is 4.31 Å². The van der Waals surface area contributed by atoms with E-state index in [0.717, 1.165) is 0 Å². The summed E-state index contributed by atoms with van der Waals surface area (Å²) < 4.78 is 31.8. The number of anilines is 1. The van der Waals surface area contributed by atoms with Crippen LogP contribution in [0.15, 0.2) is 27.6 Å². The van der Waals surface area contributed by atoms with E-state index in [4.69, 9.17) is 5.73 Å². The zero-order valence-electron chi connectivity index (χ0n) is 11.5. The molecule has 1 fully saturated rings. The summed E-state index contributed by atoms with van der Waals surface area (Å²) in [6.45, 7) is 1.01. The van der Waals surface area contributed by atoms with Crippen LogP contribution in [0.5, 0.6) is 0 Å². The molecule has 21 heavy (non-hydrogen) atoms. The van der Waals surface area contributed by atoms with Crippen molar-refractivity contribution in [3.8, 4) is 0 Å². The molecule has 0 bridgehead atoms. The second-order valence-electron chi connectivity index (χ2n) is 4.54. The normalized spacial score (nSPS) is 16.8. The smallest absolute Gasteiger partial charge is 0.409 e. The quantitative estimate of drug-likeness (QED) is 0.779. The van der Waals surface area contributed by atoms with Crippen molar-refractivity contribution in [3.63, 3.8) is 0 Å². The van der Waals surface area contributed by atoms with E-state index in [1.54, 1.807) is 12.1 Å². The van der Waals surface area contributed by atoms with Crippen LogP contribution < -0.4 is 5.73 Å². The Balaban J connectivity index is 2.19. The number of amides is 1. The monoisotopic (exact) mass is 377 g/mol. The van der Waals surface area contributed by atoms with Crippen LogP contribution in [0, 0.1) is 0 Å². The summed E-state index contributed by atoms with van der Waals surface area (Å²) in [4.78, 5) is 12.9. The molecular weight excluding hydrogens is 362 g/mol. The Labute approximate surface area is 131 Å². The minimum Gasteiger partial charge on any atom is -0.453 e. The molecule has 1 aromatic carbocycles. The average Bonchev–Trinajstić information content (AvgIpc) is 2.49. The second-order valence-corrected chi connectivity index (χ2v) is 7.37. The van der Waals surface area contributed by atoms with Gasteiger partial charge in [0, 0.05) is 30.7 Å². The van der Waals surface area contributed by atoms with Gasteiger partial charge in [-0.05, 0) is 18.2 Å². The van der Waals surface area contributed by atoms with E-state index in [1.165, 1.54) is 22.4 Å². The molecule has 1 aromatic rings. The van der Waals surface area contributed by atoms with Crippen LogP contribution in [0.1, 0.15) is 0 Å². The van der Waals surface area contributed by atoms with Gasteiger partial charge in [0.1, 0.15) is 4.90 Å². The number of rotatable bonds is 2. The van der Waals surface area contributed by atoms with E-state index < -0.39 is 16.1 Å². The highest BCUT2D eigenvalue weighted by Gasteiger charge is 2.31. The fourth-order valence-corrected chi connectivity index (χ4v) is 4.19. The van der Waals surface area contributed by atoms with Gasteiger partial charge in [0.25, 0.3) is 0 Å². The third kappa shape index (κ3) is 3.30. The Bertz CT molecular complexity index is 642. The zero-order valence-corrected chi connectivity index (χ0v) is 13.9. The SMILES string of the molecule is COC(=O)N1CCN(S(=O)(=O)c2cc(Br)ccc2N)CC1. The Kier molecular flexibility index (Phi) is 4.74. The Morgan fingerprint density at radius 1 is 1.29 bits per heavy atom. The Morgan fingerprint density at radius 2 is 1.90 bits per heavy atom. The van der Waals surface area contributed by atoms with Gasteiger partial charge in [-0.25, -0.2) is 13.2 Å². The number of nitrogens with two attached hydrogens (primary N) is 1. The van der Waals surface area contributed by atoms with Gasteiger partial charge in [0.2, 0.25) is 10.0 Å². The van der Waals surface area contributed by atoms with E-state index >= 15 is 0 Å². The maximum atomic E-state index is 12.6. The van der Waals surface area contributed by atoms with E-state index in [2.05, 4.69) is 20.7 Å². The summed E-state index contributed by atoms with van der Waals surface area (Å²) in [5, 5.41) is 0. The van der Waals surface area contributed by atoms with Crippen molar-refractivity contribution in [1.82, 2.24) is 9.21 Å². The highest BCUT2D eigenvalue weighted by molar-refractivity contribution is 9.10. The van der Waals surface area contributed by atoms with Gasteiger partial charge in [-0.1, -0.05) is 15.9 Å². The first kappa shape index (κ1) is 16.1. The topological polar surface area (TPSA) is 92.9 Å². The number of carbonyl (C=O) groups is 1. The first-order chi connectivity index (χ1) is 9.86. The number of nitrogens with zero attached hydrogens (tertiary/aromatic N) is 2. The predicted molar refractivity (Wildman–Crippen MR) is 81.3 cm³/mol. The van der Waals surface area contributed by atoms with E-state index in [1.807, 2.05) is 0 Å². The van der Waals surface area contributed by atoms with Crippen molar-refractivity contribution in [1.29, 1.82) is 0 Å². The van der Waals surface area contributed by atoms with Crippen molar-refractivity contribution in [3.05, 3.63) is 22.7 Å². The number of halogens is 1. The number of hydrogen-bond donors (Lipinski definition) is 1.